The molecule has 0 saturated carbocycles. The molecule has 0 saturated heterocycles. The summed E-state index contributed by atoms with van der Waals surface area (Å²) in [7, 11) is 1.63. The Morgan fingerprint density at radius 3 is 2.56 bits per heavy atom. The van der Waals surface area contributed by atoms with Crippen molar-refractivity contribution in [1.29, 1.82) is 0 Å². The van der Waals surface area contributed by atoms with E-state index in [0.717, 1.165) is 28.0 Å². The van der Waals surface area contributed by atoms with Gasteiger partial charge in [-0.1, -0.05) is 48.5 Å². The van der Waals surface area contributed by atoms with Gasteiger partial charge < -0.3 is 4.74 Å². The summed E-state index contributed by atoms with van der Waals surface area (Å²) in [6, 6.07) is 22.0. The van der Waals surface area contributed by atoms with Crippen LogP contribution in [0.1, 0.15) is 23.6 Å². The van der Waals surface area contributed by atoms with E-state index in [-0.39, 0.29) is 17.8 Å². The molecule has 0 bridgehead atoms. The van der Waals surface area contributed by atoms with Gasteiger partial charge in [-0.15, -0.1) is 11.6 Å². The van der Waals surface area contributed by atoms with E-state index in [0.29, 0.717) is 6.42 Å². The normalized spacial score (nSPS) is 16.4. The van der Waals surface area contributed by atoms with Crippen molar-refractivity contribution in [3.63, 3.8) is 0 Å². The molecule has 0 spiro atoms. The molecule has 1 atom stereocenters. The molecule has 3 aromatic rings. The van der Waals surface area contributed by atoms with Gasteiger partial charge in [0.05, 0.1) is 18.9 Å². The second-order valence-corrected chi connectivity index (χ2v) is 6.74. The number of nitrogens with zero attached hydrogens (tertiary/aromatic N) is 2. The average molecular weight is 379 g/mol. The highest BCUT2D eigenvalue weighted by Crippen LogP contribution is 2.34. The molecule has 136 valence electrons. The molecule has 0 N–H and O–H groups in total. The topological polar surface area (TPSA) is 41.9 Å². The lowest BCUT2D eigenvalue weighted by molar-refractivity contribution is -0.130. The number of alkyl halides is 1. The van der Waals surface area contributed by atoms with Crippen LogP contribution in [0.5, 0.6) is 5.75 Å². The Labute approximate surface area is 163 Å². The molecular formula is C22H19ClN2O2. The summed E-state index contributed by atoms with van der Waals surface area (Å²) in [5, 5.41) is 8.47. The van der Waals surface area contributed by atoms with E-state index >= 15 is 0 Å². The lowest BCUT2D eigenvalue weighted by atomic mass is 9.97. The van der Waals surface area contributed by atoms with Gasteiger partial charge in [-0.3, -0.25) is 4.79 Å². The molecule has 27 heavy (non-hydrogen) atoms. The summed E-state index contributed by atoms with van der Waals surface area (Å²) in [6.45, 7) is 0. The number of benzene rings is 3. The summed E-state index contributed by atoms with van der Waals surface area (Å²) in [5.74, 6) is 0.483. The van der Waals surface area contributed by atoms with Crippen molar-refractivity contribution < 1.29 is 9.53 Å². The summed E-state index contributed by atoms with van der Waals surface area (Å²) in [6.07, 6.45) is 0.646. The number of carbonyl (C=O) groups excluding carboxylic acids is 1. The van der Waals surface area contributed by atoms with Crippen molar-refractivity contribution in [1.82, 2.24) is 5.01 Å². The van der Waals surface area contributed by atoms with Crippen LogP contribution >= 0.6 is 11.6 Å². The molecule has 5 heteroatoms. The largest absolute Gasteiger partial charge is 0.497 e. The third kappa shape index (κ3) is 3.40. The number of hydrogen-bond acceptors (Lipinski definition) is 3. The van der Waals surface area contributed by atoms with Crippen LogP contribution in [-0.4, -0.2) is 29.6 Å². The minimum Gasteiger partial charge on any atom is -0.497 e. The predicted octanol–water partition coefficient (Wildman–Crippen LogP) is 4.76. The fraction of sp³-hybridized carbons (Fsp3) is 0.182. The monoisotopic (exact) mass is 378 g/mol. The number of carbonyl (C=O) groups is 1. The van der Waals surface area contributed by atoms with Crippen LogP contribution in [-0.2, 0) is 4.79 Å². The molecule has 0 fully saturated rings. The Morgan fingerprint density at radius 1 is 1.11 bits per heavy atom. The zero-order chi connectivity index (χ0) is 18.8. The first kappa shape index (κ1) is 17.6. The standard InChI is InChI=1S/C22H19ClN2O2/c1-27-19-10-8-16(9-11-19)21-13-20(24-25(21)22(26)14-23)18-7-6-15-4-2-3-5-17(15)12-18/h2-12,21H,13-14H2,1H3/t21-/m1/s1. The summed E-state index contributed by atoms with van der Waals surface area (Å²) in [5.41, 5.74) is 2.92. The number of methoxy groups -OCH3 is 1. The lowest BCUT2D eigenvalue weighted by Gasteiger charge is -2.21. The Kier molecular flexibility index (Phi) is 4.82. The predicted molar refractivity (Wildman–Crippen MR) is 108 cm³/mol. The first-order valence-electron chi connectivity index (χ1n) is 8.78. The van der Waals surface area contributed by atoms with Crippen LogP contribution in [0, 0.1) is 0 Å². The Balaban J connectivity index is 1.69. The molecule has 0 aromatic heterocycles. The molecule has 1 amide bonds. The molecule has 3 aromatic carbocycles. The van der Waals surface area contributed by atoms with Crippen LogP contribution in [0.15, 0.2) is 71.8 Å². The number of ether oxygens (including phenoxy) is 1. The molecular weight excluding hydrogens is 360 g/mol. The highest BCUT2D eigenvalue weighted by molar-refractivity contribution is 6.27. The molecule has 0 radical (unpaired) electrons. The van der Waals surface area contributed by atoms with Gasteiger partial charge >= 0.3 is 0 Å². The number of hydrazone groups is 1. The lowest BCUT2D eigenvalue weighted by Crippen LogP contribution is -2.27. The van der Waals surface area contributed by atoms with E-state index in [2.05, 4.69) is 35.4 Å². The second-order valence-electron chi connectivity index (χ2n) is 6.47. The van der Waals surface area contributed by atoms with E-state index < -0.39 is 0 Å². The molecule has 0 aliphatic carbocycles. The fourth-order valence-electron chi connectivity index (χ4n) is 3.43. The van der Waals surface area contributed by atoms with Gasteiger partial charge in [0.1, 0.15) is 11.6 Å². The zero-order valence-electron chi connectivity index (χ0n) is 14.9. The molecule has 1 aliphatic rings. The molecule has 1 heterocycles. The summed E-state index contributed by atoms with van der Waals surface area (Å²) < 4.78 is 5.23. The van der Waals surface area contributed by atoms with Gasteiger partial charge in [0, 0.05) is 6.42 Å². The van der Waals surface area contributed by atoms with Crippen molar-refractivity contribution in [2.45, 2.75) is 12.5 Å². The van der Waals surface area contributed by atoms with Gasteiger partial charge in [-0.05, 0) is 40.1 Å². The molecule has 4 nitrogen and oxygen atoms in total. The highest BCUT2D eigenvalue weighted by atomic mass is 35.5. The summed E-state index contributed by atoms with van der Waals surface area (Å²) >= 11 is 5.82. The van der Waals surface area contributed by atoms with Crippen molar-refractivity contribution >= 4 is 34.0 Å². The summed E-state index contributed by atoms with van der Waals surface area (Å²) in [4.78, 5) is 12.4. The number of amides is 1. The Morgan fingerprint density at radius 2 is 1.85 bits per heavy atom. The van der Waals surface area contributed by atoms with Crippen LogP contribution in [0.2, 0.25) is 0 Å². The van der Waals surface area contributed by atoms with E-state index in [1.807, 2.05) is 36.4 Å². The second kappa shape index (κ2) is 7.41. The fourth-order valence-corrected chi connectivity index (χ4v) is 3.55. The van der Waals surface area contributed by atoms with Gasteiger partial charge in [0.15, 0.2) is 0 Å². The molecule has 1 aliphatic heterocycles. The minimum atomic E-state index is -0.201. The maximum atomic E-state index is 12.4. The quantitative estimate of drug-likeness (QED) is 0.614. The SMILES string of the molecule is COc1ccc([C@H]2CC(c3ccc4ccccc4c3)=NN2C(=O)CCl)cc1. The number of fused-ring (bicyclic) bond motifs is 1. The first-order chi connectivity index (χ1) is 13.2. The number of halogens is 1. The first-order valence-corrected chi connectivity index (χ1v) is 9.31. The smallest absolute Gasteiger partial charge is 0.258 e. The van der Waals surface area contributed by atoms with E-state index in [4.69, 9.17) is 16.3 Å². The van der Waals surface area contributed by atoms with E-state index in [1.165, 1.54) is 10.4 Å². The maximum Gasteiger partial charge on any atom is 0.258 e. The van der Waals surface area contributed by atoms with Gasteiger partial charge in [-0.25, -0.2) is 5.01 Å². The van der Waals surface area contributed by atoms with Crippen molar-refractivity contribution in [3.05, 3.63) is 77.9 Å². The van der Waals surface area contributed by atoms with Crippen LogP contribution in [0.3, 0.4) is 0 Å². The highest BCUT2D eigenvalue weighted by Gasteiger charge is 2.32. The van der Waals surface area contributed by atoms with Crippen molar-refractivity contribution in [3.8, 4) is 5.75 Å². The van der Waals surface area contributed by atoms with Gasteiger partial charge in [0.2, 0.25) is 0 Å². The Bertz CT molecular complexity index is 1010. The zero-order valence-corrected chi connectivity index (χ0v) is 15.7. The van der Waals surface area contributed by atoms with Gasteiger partial charge in [0.25, 0.3) is 5.91 Å². The van der Waals surface area contributed by atoms with Crippen LogP contribution < -0.4 is 4.74 Å². The molecule has 4 rings (SSSR count). The van der Waals surface area contributed by atoms with Crippen molar-refractivity contribution in [2.24, 2.45) is 5.10 Å². The van der Waals surface area contributed by atoms with Crippen molar-refractivity contribution in [2.75, 3.05) is 13.0 Å². The van der Waals surface area contributed by atoms with Crippen LogP contribution in [0.4, 0.5) is 0 Å². The van der Waals surface area contributed by atoms with Gasteiger partial charge in [-0.2, -0.15) is 5.10 Å². The maximum absolute atomic E-state index is 12.4. The van der Waals surface area contributed by atoms with E-state index in [9.17, 15) is 4.79 Å². The number of hydrogen-bond donors (Lipinski definition) is 0. The molecule has 0 unspecified atom stereocenters. The van der Waals surface area contributed by atoms with E-state index in [1.54, 1.807) is 7.11 Å². The van der Waals surface area contributed by atoms with Crippen LogP contribution in [0.25, 0.3) is 10.8 Å². The Hall–Kier alpha value is -2.85. The third-order valence-electron chi connectivity index (χ3n) is 4.86. The third-order valence-corrected chi connectivity index (χ3v) is 5.09. The average Bonchev–Trinajstić information content (AvgIpc) is 3.18. The number of rotatable bonds is 4. The minimum absolute atomic E-state index is 0.0961.